The first kappa shape index (κ1) is 19.7. The molecule has 0 atom stereocenters. The predicted octanol–water partition coefficient (Wildman–Crippen LogP) is 5.68. The maximum Gasteiger partial charge on any atom is 0.344 e. The van der Waals surface area contributed by atoms with Crippen molar-refractivity contribution in [3.63, 3.8) is 0 Å². The average Bonchev–Trinajstić information content (AvgIpc) is 2.75. The van der Waals surface area contributed by atoms with Crippen molar-refractivity contribution in [3.05, 3.63) is 93.3 Å². The monoisotopic (exact) mass is 419 g/mol. The van der Waals surface area contributed by atoms with E-state index in [-0.39, 0.29) is 5.91 Å². The highest BCUT2D eigenvalue weighted by molar-refractivity contribution is 6.31. The highest BCUT2D eigenvalue weighted by Gasteiger charge is 2.15. The molecule has 6 heteroatoms. The molecule has 0 unspecified atom stereocenters. The van der Waals surface area contributed by atoms with Crippen LogP contribution in [0.25, 0.3) is 22.1 Å². The van der Waals surface area contributed by atoms with Crippen LogP contribution in [-0.2, 0) is 0 Å². The summed E-state index contributed by atoms with van der Waals surface area (Å²) >= 11 is 6.11. The molecule has 0 spiro atoms. The number of hydrogen-bond acceptors (Lipinski definition) is 4. The molecule has 150 valence electrons. The largest absolute Gasteiger partial charge is 0.496 e. The third-order valence-electron chi connectivity index (χ3n) is 4.83. The highest BCUT2D eigenvalue weighted by Crippen LogP contribution is 2.32. The van der Waals surface area contributed by atoms with E-state index in [2.05, 4.69) is 5.32 Å². The molecular formula is C24H18ClNO4. The Morgan fingerprint density at radius 1 is 1.00 bits per heavy atom. The molecule has 0 aliphatic rings. The SMILES string of the molecule is COc1cc(NC(=O)c2ccc(C)c(Cl)c2)ccc1-c1cc2ccccc2oc1=O. The van der Waals surface area contributed by atoms with Crippen molar-refractivity contribution in [1.29, 1.82) is 0 Å². The highest BCUT2D eigenvalue weighted by atomic mass is 35.5. The number of ether oxygens (including phenoxy) is 1. The van der Waals surface area contributed by atoms with Crippen molar-refractivity contribution < 1.29 is 13.9 Å². The van der Waals surface area contributed by atoms with E-state index >= 15 is 0 Å². The second-order valence-electron chi connectivity index (χ2n) is 6.82. The summed E-state index contributed by atoms with van der Waals surface area (Å²) in [4.78, 5) is 25.1. The lowest BCUT2D eigenvalue weighted by atomic mass is 10.0. The van der Waals surface area contributed by atoms with Gasteiger partial charge in [0.15, 0.2) is 0 Å². The van der Waals surface area contributed by atoms with E-state index in [1.807, 2.05) is 25.1 Å². The van der Waals surface area contributed by atoms with Crippen molar-refractivity contribution in [2.75, 3.05) is 12.4 Å². The summed E-state index contributed by atoms with van der Waals surface area (Å²) in [5.41, 5.74) is 2.89. The molecule has 5 nitrogen and oxygen atoms in total. The molecule has 0 radical (unpaired) electrons. The van der Waals surface area contributed by atoms with Crippen LogP contribution in [0.15, 0.2) is 75.9 Å². The molecule has 1 amide bonds. The van der Waals surface area contributed by atoms with E-state index < -0.39 is 5.63 Å². The van der Waals surface area contributed by atoms with Gasteiger partial charge < -0.3 is 14.5 Å². The van der Waals surface area contributed by atoms with E-state index in [0.717, 1.165) is 10.9 Å². The predicted molar refractivity (Wildman–Crippen MR) is 119 cm³/mol. The number of methoxy groups -OCH3 is 1. The van der Waals surface area contributed by atoms with Gasteiger partial charge in [-0.25, -0.2) is 4.79 Å². The Balaban J connectivity index is 1.68. The molecule has 1 heterocycles. The fourth-order valence-corrected chi connectivity index (χ4v) is 3.36. The van der Waals surface area contributed by atoms with Crippen LogP contribution < -0.4 is 15.7 Å². The first-order valence-electron chi connectivity index (χ1n) is 9.25. The molecule has 1 N–H and O–H groups in total. The summed E-state index contributed by atoms with van der Waals surface area (Å²) < 4.78 is 10.9. The molecule has 0 bridgehead atoms. The third-order valence-corrected chi connectivity index (χ3v) is 5.23. The third kappa shape index (κ3) is 3.80. The zero-order chi connectivity index (χ0) is 21.3. The first-order valence-corrected chi connectivity index (χ1v) is 9.63. The summed E-state index contributed by atoms with van der Waals surface area (Å²) in [7, 11) is 1.51. The summed E-state index contributed by atoms with van der Waals surface area (Å²) in [6.07, 6.45) is 0. The number of para-hydroxylation sites is 1. The van der Waals surface area contributed by atoms with Gasteiger partial charge in [-0.2, -0.15) is 0 Å². The molecule has 0 fully saturated rings. The number of anilines is 1. The summed E-state index contributed by atoms with van der Waals surface area (Å²) in [5.74, 6) is 0.147. The van der Waals surface area contributed by atoms with E-state index in [4.69, 9.17) is 20.8 Å². The Morgan fingerprint density at radius 2 is 1.80 bits per heavy atom. The van der Waals surface area contributed by atoms with Crippen LogP contribution >= 0.6 is 11.6 Å². The van der Waals surface area contributed by atoms with Crippen molar-refractivity contribution >= 4 is 34.2 Å². The lowest BCUT2D eigenvalue weighted by molar-refractivity contribution is 0.102. The van der Waals surface area contributed by atoms with Crippen molar-refractivity contribution in [2.45, 2.75) is 6.92 Å². The van der Waals surface area contributed by atoms with E-state index in [1.54, 1.807) is 48.5 Å². The standard InChI is InChI=1S/C24H18ClNO4/c1-14-7-8-16(12-20(14)25)23(27)26-17-9-10-18(22(13-17)29-2)19-11-15-5-3-4-6-21(15)30-24(19)28/h3-13H,1-2H3,(H,26,27). The molecular weight excluding hydrogens is 402 g/mol. The van der Waals surface area contributed by atoms with Gasteiger partial charge in [-0.3, -0.25) is 4.79 Å². The van der Waals surface area contributed by atoms with Crippen LogP contribution in [-0.4, -0.2) is 13.0 Å². The number of aryl methyl sites for hydroxylation is 1. The molecule has 0 saturated heterocycles. The minimum absolute atomic E-state index is 0.295. The van der Waals surface area contributed by atoms with Crippen molar-refractivity contribution in [2.24, 2.45) is 0 Å². The van der Waals surface area contributed by atoms with Crippen LogP contribution in [0.3, 0.4) is 0 Å². The normalized spacial score (nSPS) is 10.8. The van der Waals surface area contributed by atoms with Gasteiger partial charge in [-0.1, -0.05) is 35.9 Å². The number of rotatable bonds is 4. The van der Waals surface area contributed by atoms with Crippen LogP contribution in [0.2, 0.25) is 5.02 Å². The number of nitrogens with one attached hydrogen (secondary N) is 1. The topological polar surface area (TPSA) is 68.5 Å². The maximum atomic E-state index is 12.6. The van der Waals surface area contributed by atoms with Crippen LogP contribution in [0, 0.1) is 6.92 Å². The fraction of sp³-hybridized carbons (Fsp3) is 0.0833. The van der Waals surface area contributed by atoms with Gasteiger partial charge in [-0.15, -0.1) is 0 Å². The molecule has 30 heavy (non-hydrogen) atoms. The number of amides is 1. The van der Waals surface area contributed by atoms with Gasteiger partial charge in [-0.05, 0) is 48.9 Å². The Morgan fingerprint density at radius 3 is 2.57 bits per heavy atom. The molecule has 3 aromatic carbocycles. The van der Waals surface area contributed by atoms with Crippen molar-refractivity contribution in [1.82, 2.24) is 0 Å². The molecule has 1 aromatic heterocycles. The number of carbonyl (C=O) groups is 1. The zero-order valence-corrected chi connectivity index (χ0v) is 17.1. The smallest absolute Gasteiger partial charge is 0.344 e. The maximum absolute atomic E-state index is 12.6. The van der Waals surface area contributed by atoms with Crippen LogP contribution in [0.5, 0.6) is 5.75 Å². The number of hydrogen-bond donors (Lipinski definition) is 1. The molecule has 0 saturated carbocycles. The average molecular weight is 420 g/mol. The molecule has 0 aliphatic carbocycles. The quantitative estimate of drug-likeness (QED) is 0.432. The van der Waals surface area contributed by atoms with E-state index in [9.17, 15) is 9.59 Å². The first-order chi connectivity index (χ1) is 14.5. The number of halogens is 1. The Labute approximate surface area is 177 Å². The summed E-state index contributed by atoms with van der Waals surface area (Å²) in [6, 6.07) is 19.3. The Bertz CT molecular complexity index is 1330. The van der Waals surface area contributed by atoms with Gasteiger partial charge in [0.1, 0.15) is 11.3 Å². The Kier molecular flexibility index (Phi) is 5.29. The zero-order valence-electron chi connectivity index (χ0n) is 16.4. The van der Waals surface area contributed by atoms with Gasteiger partial charge in [0.25, 0.3) is 5.91 Å². The summed E-state index contributed by atoms with van der Waals surface area (Å²) in [6.45, 7) is 1.87. The van der Waals surface area contributed by atoms with Crippen LogP contribution in [0.4, 0.5) is 5.69 Å². The van der Waals surface area contributed by atoms with Gasteiger partial charge in [0.2, 0.25) is 0 Å². The Hall–Kier alpha value is -3.57. The molecule has 4 rings (SSSR count). The van der Waals surface area contributed by atoms with Gasteiger partial charge in [0, 0.05) is 33.3 Å². The van der Waals surface area contributed by atoms with E-state index in [0.29, 0.717) is 38.7 Å². The lowest BCUT2D eigenvalue weighted by Gasteiger charge is -2.12. The van der Waals surface area contributed by atoms with Crippen LogP contribution in [0.1, 0.15) is 15.9 Å². The van der Waals surface area contributed by atoms with Gasteiger partial charge in [0.05, 0.1) is 12.7 Å². The fourth-order valence-electron chi connectivity index (χ4n) is 3.18. The van der Waals surface area contributed by atoms with E-state index in [1.165, 1.54) is 7.11 Å². The number of carbonyl (C=O) groups excluding carboxylic acids is 1. The van der Waals surface area contributed by atoms with Crippen molar-refractivity contribution in [3.8, 4) is 16.9 Å². The number of fused-ring (bicyclic) bond motifs is 1. The number of benzene rings is 3. The summed E-state index contributed by atoms with van der Waals surface area (Å²) in [5, 5.41) is 4.16. The second kappa shape index (κ2) is 8.05. The van der Waals surface area contributed by atoms with Gasteiger partial charge >= 0.3 is 5.63 Å². The molecule has 0 aliphatic heterocycles. The lowest BCUT2D eigenvalue weighted by Crippen LogP contribution is -2.12. The minimum atomic E-state index is -0.460. The molecule has 4 aromatic rings. The second-order valence-corrected chi connectivity index (χ2v) is 7.23. The minimum Gasteiger partial charge on any atom is -0.496 e.